The largest absolute Gasteiger partial charge is 0.464 e. The van der Waals surface area contributed by atoms with Crippen LogP contribution in [0.3, 0.4) is 0 Å². The molecule has 0 heterocycles. The van der Waals surface area contributed by atoms with Crippen LogP contribution in [0.5, 0.6) is 0 Å². The summed E-state index contributed by atoms with van der Waals surface area (Å²) in [6.07, 6.45) is 3.76. The first-order valence-corrected chi connectivity index (χ1v) is 13.9. The Balaban J connectivity index is 0.00000336. The fraction of sp³-hybridized carbons (Fsp3) is 0.594. The third kappa shape index (κ3) is 15.4. The van der Waals surface area contributed by atoms with Crippen molar-refractivity contribution in [1.29, 1.82) is 0 Å². The average molecular weight is 544 g/mol. The Morgan fingerprint density at radius 2 is 1.69 bits per heavy atom. The van der Waals surface area contributed by atoms with Crippen molar-refractivity contribution in [3.63, 3.8) is 0 Å². The highest BCUT2D eigenvalue weighted by Crippen LogP contribution is 2.24. The van der Waals surface area contributed by atoms with Crippen molar-refractivity contribution in [3.05, 3.63) is 52.7 Å². The third-order valence-corrected chi connectivity index (χ3v) is 5.14. The zero-order valence-corrected chi connectivity index (χ0v) is 26.3. The molecule has 7 nitrogen and oxygen atoms in total. The fourth-order valence-corrected chi connectivity index (χ4v) is 3.29. The topological polar surface area (TPSA) is 91.2 Å². The number of aldehydes is 1. The molecule has 2 atom stereocenters. The van der Waals surface area contributed by atoms with Gasteiger partial charge in [-0.25, -0.2) is 0 Å². The summed E-state index contributed by atoms with van der Waals surface area (Å²) in [6.45, 7) is 20.6. The highest BCUT2D eigenvalue weighted by molar-refractivity contribution is 6.06. The van der Waals surface area contributed by atoms with Gasteiger partial charge < -0.3 is 14.7 Å². The zero-order valence-electron chi connectivity index (χ0n) is 26.3. The van der Waals surface area contributed by atoms with E-state index in [0.29, 0.717) is 18.7 Å². The third-order valence-electron chi connectivity index (χ3n) is 5.14. The predicted molar refractivity (Wildman–Crippen MR) is 163 cm³/mol. The van der Waals surface area contributed by atoms with Crippen molar-refractivity contribution in [2.45, 2.75) is 87.9 Å². The summed E-state index contributed by atoms with van der Waals surface area (Å²) >= 11 is 0. The summed E-state index contributed by atoms with van der Waals surface area (Å²) in [7, 11) is 3.87. The number of carbonyl (C=O) groups is 2. The van der Waals surface area contributed by atoms with Gasteiger partial charge in [-0.1, -0.05) is 60.6 Å². The highest BCUT2D eigenvalue weighted by Gasteiger charge is 2.25. The lowest BCUT2D eigenvalue weighted by Crippen LogP contribution is -2.45. The molecular formula is C32H53N3O4. The molecule has 0 aromatic heterocycles. The van der Waals surface area contributed by atoms with Crippen molar-refractivity contribution in [1.82, 2.24) is 10.2 Å². The van der Waals surface area contributed by atoms with E-state index in [1.165, 1.54) is 0 Å². The van der Waals surface area contributed by atoms with Gasteiger partial charge in [0.15, 0.2) is 0 Å². The van der Waals surface area contributed by atoms with Gasteiger partial charge in [0.05, 0.1) is 24.1 Å². The van der Waals surface area contributed by atoms with Crippen molar-refractivity contribution >= 4 is 23.7 Å². The number of nitrogens with zero attached hydrogens (tertiary/aromatic N) is 2. The van der Waals surface area contributed by atoms with Gasteiger partial charge in [0.1, 0.15) is 12.3 Å². The number of nitrogens with one attached hydrogen (secondary N) is 1. The van der Waals surface area contributed by atoms with E-state index in [1.54, 1.807) is 13.8 Å². The number of allylic oxidation sites excluding steroid dienone is 3. The molecular weight excluding hydrogens is 490 g/mol. The van der Waals surface area contributed by atoms with Crippen LogP contribution in [-0.4, -0.2) is 60.8 Å². The number of rotatable bonds is 13. The normalized spacial score (nSPS) is 14.2. The van der Waals surface area contributed by atoms with Gasteiger partial charge in [0, 0.05) is 32.4 Å². The molecule has 0 fully saturated rings. The minimum atomic E-state index is -0.892. The Morgan fingerprint density at radius 1 is 1.10 bits per heavy atom. The van der Waals surface area contributed by atoms with Crippen molar-refractivity contribution < 1.29 is 19.4 Å². The van der Waals surface area contributed by atoms with Crippen LogP contribution in [0.25, 0.3) is 0 Å². The maximum atomic E-state index is 12.4. The Hall–Kier alpha value is -2.77. The van der Waals surface area contributed by atoms with Gasteiger partial charge in [-0.15, -0.1) is 0 Å². The molecule has 1 rings (SSSR count). The minimum Gasteiger partial charge on any atom is -0.464 e. The molecule has 0 amide bonds. The quantitative estimate of drug-likeness (QED) is 0.104. The number of benzene rings is 1. The van der Waals surface area contributed by atoms with Crippen molar-refractivity contribution in [2.75, 3.05) is 20.7 Å². The monoisotopic (exact) mass is 543 g/mol. The number of carbonyl (C=O) groups excluding carboxylic acids is 2. The second-order valence-corrected chi connectivity index (χ2v) is 11.7. The van der Waals surface area contributed by atoms with E-state index in [2.05, 4.69) is 39.9 Å². The molecule has 39 heavy (non-hydrogen) atoms. The van der Waals surface area contributed by atoms with Gasteiger partial charge in [-0.05, 0) is 67.4 Å². The smallest absolute Gasteiger partial charge is 0.325 e. The molecule has 2 N–H and O–H groups in total. The van der Waals surface area contributed by atoms with Crippen LogP contribution >= 0.6 is 0 Å². The highest BCUT2D eigenvalue weighted by atomic mass is 16.5. The lowest BCUT2D eigenvalue weighted by molar-refractivity contribution is -0.150. The average Bonchev–Trinajstić information content (AvgIpc) is 2.81. The van der Waals surface area contributed by atoms with Gasteiger partial charge in [-0.3, -0.25) is 19.9 Å². The molecule has 1 aromatic carbocycles. The molecule has 2 unspecified atom stereocenters. The molecule has 7 heteroatoms. The molecule has 0 aliphatic heterocycles. The van der Waals surface area contributed by atoms with E-state index in [-0.39, 0.29) is 11.8 Å². The fourth-order valence-electron chi connectivity index (χ4n) is 3.29. The molecule has 0 aliphatic rings. The zero-order chi connectivity index (χ0) is 30.3. The van der Waals surface area contributed by atoms with E-state index < -0.39 is 18.1 Å². The molecule has 0 spiro atoms. The Bertz CT molecular complexity index is 986. The first kappa shape index (κ1) is 36.2. The van der Waals surface area contributed by atoms with Gasteiger partial charge in [-0.2, -0.15) is 0 Å². The maximum absolute atomic E-state index is 12.4. The number of ether oxygens (including phenoxy) is 1. The van der Waals surface area contributed by atoms with Crippen molar-refractivity contribution in [3.8, 4) is 0 Å². The lowest BCUT2D eigenvalue weighted by Gasteiger charge is -2.21. The molecule has 0 saturated carbocycles. The van der Waals surface area contributed by atoms with Crippen LogP contribution in [0.15, 0.2) is 46.6 Å². The van der Waals surface area contributed by atoms with Crippen molar-refractivity contribution in [2.24, 2.45) is 22.7 Å². The van der Waals surface area contributed by atoms with E-state index >= 15 is 0 Å². The van der Waals surface area contributed by atoms with Crippen LogP contribution in [0.4, 0.5) is 5.69 Å². The Morgan fingerprint density at radius 3 is 2.15 bits per heavy atom. The van der Waals surface area contributed by atoms with Crippen LogP contribution in [0, 0.1) is 24.7 Å². The Labute approximate surface area is 237 Å². The van der Waals surface area contributed by atoms with Crippen LogP contribution < -0.4 is 5.32 Å². The number of hydrogen-bond donors (Lipinski definition) is 2. The second kappa shape index (κ2) is 18.5. The number of aliphatic hydroxyl groups is 1. The summed E-state index contributed by atoms with van der Waals surface area (Å²) < 4.78 is 5.31. The number of hydrogen-bond acceptors (Lipinski definition) is 7. The standard InChI is InChI=1S/C28H43N3O4.C4H10/c1-18(2)17-35-28(34)27(22(7)33)29-14-23-11-10-21(6)25(13-23)30-26(19(3)4)24(15-31(8)9)12-20(5)16-32;1-4(2)3/h10-13,15-16,18-19,22,27,29,33H,14,17H2,1-9H3;4H,1-3H3/b20-12-,24-15+,30-26?;. The van der Waals surface area contributed by atoms with Gasteiger partial charge in [0.25, 0.3) is 0 Å². The SMILES string of the molecule is C/C(C=O)=C/C(=C\N(C)C)C(=Nc1cc(CNC(C(=O)OCC(C)C)C(C)O)ccc1C)C(C)C.CC(C)C. The van der Waals surface area contributed by atoms with Crippen LogP contribution in [0.2, 0.25) is 0 Å². The summed E-state index contributed by atoms with van der Waals surface area (Å²) in [5.74, 6) is 0.711. The first-order chi connectivity index (χ1) is 18.1. The van der Waals surface area contributed by atoms with Crippen LogP contribution in [0.1, 0.15) is 73.4 Å². The van der Waals surface area contributed by atoms with Crippen LogP contribution in [-0.2, 0) is 20.9 Å². The number of esters is 1. The number of aliphatic hydroxyl groups excluding tert-OH is 1. The minimum absolute atomic E-state index is 0.119. The summed E-state index contributed by atoms with van der Waals surface area (Å²) in [5, 5.41) is 13.2. The molecule has 0 bridgehead atoms. The van der Waals surface area contributed by atoms with E-state index in [0.717, 1.165) is 40.3 Å². The summed E-state index contributed by atoms with van der Waals surface area (Å²) in [6, 6.07) is 5.12. The second-order valence-electron chi connectivity index (χ2n) is 11.7. The van der Waals surface area contributed by atoms with E-state index in [1.807, 2.05) is 70.2 Å². The number of aliphatic imine (C=N–C) groups is 1. The van der Waals surface area contributed by atoms with E-state index in [4.69, 9.17) is 9.73 Å². The number of aryl methyl sites for hydroxylation is 1. The molecule has 1 aromatic rings. The Kier molecular flexibility index (Phi) is 17.2. The molecule has 0 saturated heterocycles. The molecule has 0 radical (unpaired) electrons. The van der Waals surface area contributed by atoms with E-state index in [9.17, 15) is 14.7 Å². The van der Waals surface area contributed by atoms with Gasteiger partial charge >= 0.3 is 5.97 Å². The van der Waals surface area contributed by atoms with Gasteiger partial charge in [0.2, 0.25) is 0 Å². The first-order valence-electron chi connectivity index (χ1n) is 13.9. The molecule has 220 valence electrons. The lowest BCUT2D eigenvalue weighted by atomic mass is 9.98. The summed E-state index contributed by atoms with van der Waals surface area (Å²) in [4.78, 5) is 30.6. The summed E-state index contributed by atoms with van der Waals surface area (Å²) in [5.41, 5.74) is 5.11. The maximum Gasteiger partial charge on any atom is 0.325 e. The predicted octanol–water partition coefficient (Wildman–Crippen LogP) is 6.01. The molecule has 0 aliphatic carbocycles.